The van der Waals surface area contributed by atoms with Gasteiger partial charge in [0.05, 0.1) is 18.8 Å². The van der Waals surface area contributed by atoms with Crippen molar-refractivity contribution in [3.63, 3.8) is 0 Å². The van der Waals surface area contributed by atoms with Crippen LogP contribution in [0.4, 0.5) is 0 Å². The highest BCUT2D eigenvalue weighted by molar-refractivity contribution is 7.92. The summed E-state index contributed by atoms with van der Waals surface area (Å²) < 4.78 is 28.8. The number of amides is 1. The number of carboxylic acids is 1. The number of rotatable bonds is 10. The molecule has 1 atom stereocenters. The number of hydrogen-bond donors (Lipinski definition) is 2. The maximum Gasteiger partial charge on any atom is 0.308 e. The molecular weight excluding hydrogens is 346 g/mol. The molecular formula is C17H25NO6S. The SMILES string of the molecule is COc1ccccc1CC(CNC(=O)CS(=O)(=O)CC(C)C)C(=O)O. The van der Waals surface area contributed by atoms with Crippen LogP contribution in [0.5, 0.6) is 5.75 Å². The maximum atomic E-state index is 11.8. The lowest BCUT2D eigenvalue weighted by molar-refractivity contribution is -0.141. The fourth-order valence-corrected chi connectivity index (χ4v) is 4.07. The Kier molecular flexibility index (Phi) is 7.89. The first kappa shape index (κ1) is 21.0. The third-order valence-corrected chi connectivity index (χ3v) is 5.37. The van der Waals surface area contributed by atoms with Gasteiger partial charge < -0.3 is 15.2 Å². The Bertz CT molecular complexity index is 699. The van der Waals surface area contributed by atoms with E-state index in [1.807, 2.05) is 0 Å². The Balaban J connectivity index is 2.67. The van der Waals surface area contributed by atoms with Crippen LogP contribution in [0.2, 0.25) is 0 Å². The van der Waals surface area contributed by atoms with Crippen LogP contribution in [0.3, 0.4) is 0 Å². The fourth-order valence-electron chi connectivity index (χ4n) is 2.44. The quantitative estimate of drug-likeness (QED) is 0.638. The van der Waals surface area contributed by atoms with E-state index in [-0.39, 0.29) is 24.6 Å². The molecule has 0 saturated heterocycles. The second-order valence-electron chi connectivity index (χ2n) is 6.30. The molecule has 140 valence electrons. The molecule has 0 aliphatic heterocycles. The van der Waals surface area contributed by atoms with Gasteiger partial charge in [-0.25, -0.2) is 8.42 Å². The topological polar surface area (TPSA) is 110 Å². The molecule has 7 nitrogen and oxygen atoms in total. The first-order valence-corrected chi connectivity index (χ1v) is 9.78. The number of ether oxygens (including phenoxy) is 1. The van der Waals surface area contributed by atoms with Crippen molar-refractivity contribution in [1.82, 2.24) is 5.32 Å². The summed E-state index contributed by atoms with van der Waals surface area (Å²) in [5, 5.41) is 11.8. The molecule has 0 aromatic heterocycles. The van der Waals surface area contributed by atoms with Crippen molar-refractivity contribution in [2.24, 2.45) is 11.8 Å². The summed E-state index contributed by atoms with van der Waals surface area (Å²) in [7, 11) is -2.00. The van der Waals surface area contributed by atoms with Crippen LogP contribution in [0.15, 0.2) is 24.3 Å². The van der Waals surface area contributed by atoms with E-state index in [0.717, 1.165) is 0 Å². The van der Waals surface area contributed by atoms with E-state index in [1.54, 1.807) is 38.1 Å². The molecule has 1 rings (SSSR count). The number of nitrogens with one attached hydrogen (secondary N) is 1. The summed E-state index contributed by atoms with van der Waals surface area (Å²) in [5.41, 5.74) is 0.707. The summed E-state index contributed by atoms with van der Waals surface area (Å²) in [6.45, 7) is 3.36. The van der Waals surface area contributed by atoms with Crippen molar-refractivity contribution < 1.29 is 27.9 Å². The normalized spacial score (nSPS) is 12.6. The van der Waals surface area contributed by atoms with Gasteiger partial charge in [-0.3, -0.25) is 9.59 Å². The number of benzene rings is 1. The zero-order valence-corrected chi connectivity index (χ0v) is 15.5. The van der Waals surface area contributed by atoms with E-state index in [2.05, 4.69) is 5.32 Å². The maximum absolute atomic E-state index is 11.8. The lowest BCUT2D eigenvalue weighted by Gasteiger charge is -2.15. The average molecular weight is 371 g/mol. The van der Waals surface area contributed by atoms with Gasteiger partial charge >= 0.3 is 5.97 Å². The monoisotopic (exact) mass is 371 g/mol. The molecule has 0 radical (unpaired) electrons. The molecule has 8 heteroatoms. The largest absolute Gasteiger partial charge is 0.496 e. The highest BCUT2D eigenvalue weighted by Crippen LogP contribution is 2.21. The standard InChI is InChI=1S/C17H25NO6S/c1-12(2)10-25(22,23)11-16(19)18-9-14(17(20)21)8-13-6-4-5-7-15(13)24-3/h4-7,12,14H,8-11H2,1-3H3,(H,18,19)(H,20,21). The van der Waals surface area contributed by atoms with E-state index in [4.69, 9.17) is 4.74 Å². The fraction of sp³-hybridized carbons (Fsp3) is 0.529. The molecule has 0 aliphatic carbocycles. The molecule has 0 aliphatic rings. The molecule has 1 aromatic carbocycles. The number of carbonyl (C=O) groups excluding carboxylic acids is 1. The molecule has 0 saturated carbocycles. The molecule has 0 fully saturated rings. The molecule has 2 N–H and O–H groups in total. The van der Waals surface area contributed by atoms with Gasteiger partial charge in [-0.1, -0.05) is 32.0 Å². The van der Waals surface area contributed by atoms with E-state index >= 15 is 0 Å². The summed E-state index contributed by atoms with van der Waals surface area (Å²) in [6.07, 6.45) is 0.165. The van der Waals surface area contributed by atoms with Crippen LogP contribution in [-0.2, 0) is 25.8 Å². The predicted molar refractivity (Wildman–Crippen MR) is 94.3 cm³/mol. The molecule has 1 unspecified atom stereocenters. The third-order valence-electron chi connectivity index (χ3n) is 3.49. The highest BCUT2D eigenvalue weighted by atomic mass is 32.2. The van der Waals surface area contributed by atoms with Crippen LogP contribution in [0.1, 0.15) is 19.4 Å². The van der Waals surface area contributed by atoms with E-state index in [0.29, 0.717) is 11.3 Å². The second-order valence-corrected chi connectivity index (χ2v) is 8.41. The van der Waals surface area contributed by atoms with Crippen molar-refractivity contribution in [1.29, 1.82) is 0 Å². The van der Waals surface area contributed by atoms with E-state index in [9.17, 15) is 23.1 Å². The van der Waals surface area contributed by atoms with Crippen molar-refractivity contribution in [2.75, 3.05) is 25.2 Å². The molecule has 1 aromatic rings. The second kappa shape index (κ2) is 9.41. The lowest BCUT2D eigenvalue weighted by Crippen LogP contribution is -2.38. The first-order valence-electron chi connectivity index (χ1n) is 7.96. The van der Waals surface area contributed by atoms with Crippen LogP contribution < -0.4 is 10.1 Å². The van der Waals surface area contributed by atoms with Crippen molar-refractivity contribution >= 4 is 21.7 Å². The number of methoxy groups -OCH3 is 1. The summed E-state index contributed by atoms with van der Waals surface area (Å²) in [5.74, 6) is -2.86. The van der Waals surface area contributed by atoms with Gasteiger partial charge in [0.25, 0.3) is 0 Å². The van der Waals surface area contributed by atoms with Crippen molar-refractivity contribution in [3.05, 3.63) is 29.8 Å². The molecule has 25 heavy (non-hydrogen) atoms. The van der Waals surface area contributed by atoms with Gasteiger partial charge in [0.15, 0.2) is 9.84 Å². The van der Waals surface area contributed by atoms with Crippen molar-refractivity contribution in [2.45, 2.75) is 20.3 Å². The number of carboxylic acid groups (broad SMARTS) is 1. The summed E-state index contributed by atoms with van der Waals surface area (Å²) in [4.78, 5) is 23.3. The number of aliphatic carboxylic acids is 1. The third kappa shape index (κ3) is 7.55. The van der Waals surface area contributed by atoms with Crippen molar-refractivity contribution in [3.8, 4) is 5.75 Å². The minimum absolute atomic E-state index is 0.0740. The number of para-hydroxylation sites is 1. The summed E-state index contributed by atoms with van der Waals surface area (Å²) >= 11 is 0. The summed E-state index contributed by atoms with van der Waals surface area (Å²) in [6, 6.07) is 7.03. The molecule has 0 bridgehead atoms. The van der Waals surface area contributed by atoms with Crippen LogP contribution in [0.25, 0.3) is 0 Å². The van der Waals surface area contributed by atoms with E-state index < -0.39 is 33.4 Å². The van der Waals surface area contributed by atoms with Gasteiger partial charge in [0, 0.05) is 6.54 Å². The van der Waals surface area contributed by atoms with Crippen LogP contribution in [-0.4, -0.2) is 50.6 Å². The highest BCUT2D eigenvalue weighted by Gasteiger charge is 2.23. The first-order chi connectivity index (χ1) is 11.6. The van der Waals surface area contributed by atoms with Gasteiger partial charge in [-0.15, -0.1) is 0 Å². The Morgan fingerprint density at radius 2 is 1.88 bits per heavy atom. The Labute approximate surface area is 148 Å². The minimum Gasteiger partial charge on any atom is -0.496 e. The Hall–Kier alpha value is -2.09. The van der Waals surface area contributed by atoms with Gasteiger partial charge in [-0.05, 0) is 24.0 Å². The zero-order valence-electron chi connectivity index (χ0n) is 14.7. The minimum atomic E-state index is -3.50. The number of hydrogen-bond acceptors (Lipinski definition) is 5. The Morgan fingerprint density at radius 3 is 2.44 bits per heavy atom. The average Bonchev–Trinajstić information content (AvgIpc) is 2.49. The van der Waals surface area contributed by atoms with Gasteiger partial charge in [0.2, 0.25) is 5.91 Å². The van der Waals surface area contributed by atoms with Gasteiger partial charge in [-0.2, -0.15) is 0 Å². The predicted octanol–water partition coefficient (Wildman–Crippen LogP) is 1.13. The number of sulfone groups is 1. The Morgan fingerprint density at radius 1 is 1.24 bits per heavy atom. The van der Waals surface area contributed by atoms with Gasteiger partial charge in [0.1, 0.15) is 11.5 Å². The zero-order chi connectivity index (χ0) is 19.0. The molecule has 0 spiro atoms. The number of carbonyl (C=O) groups is 2. The molecule has 0 heterocycles. The smallest absolute Gasteiger partial charge is 0.308 e. The van der Waals surface area contributed by atoms with Crippen LogP contribution >= 0.6 is 0 Å². The lowest BCUT2D eigenvalue weighted by atomic mass is 9.98. The van der Waals surface area contributed by atoms with Crippen LogP contribution in [0, 0.1) is 11.8 Å². The van der Waals surface area contributed by atoms with E-state index in [1.165, 1.54) is 7.11 Å². The molecule has 1 amide bonds.